The zero-order valence-corrected chi connectivity index (χ0v) is 12.0. The second-order valence-electron chi connectivity index (χ2n) is 4.66. The maximum Gasteiger partial charge on any atom is 0.251 e. The highest BCUT2D eigenvalue weighted by Gasteiger charge is 2.13. The Labute approximate surface area is 124 Å². The van der Waals surface area contributed by atoms with E-state index < -0.39 is 0 Å². The average Bonchev–Trinajstić information content (AvgIpc) is 2.75. The summed E-state index contributed by atoms with van der Waals surface area (Å²) in [4.78, 5) is 12.0. The van der Waals surface area contributed by atoms with Gasteiger partial charge in [-0.1, -0.05) is 0 Å². The van der Waals surface area contributed by atoms with E-state index in [1.165, 1.54) is 0 Å². The number of hydrogen-bond donors (Lipinski definition) is 2. The summed E-state index contributed by atoms with van der Waals surface area (Å²) in [5, 5.41) is 11.4. The lowest BCUT2D eigenvalue weighted by Crippen LogP contribution is -2.25. The molecule has 6 heteroatoms. The topological polar surface area (TPSA) is 77.0 Å². The number of fused-ring (bicyclic) bond motifs is 1. The minimum Gasteiger partial charge on any atom is -0.490 e. The average molecular weight is 295 g/mol. The minimum absolute atomic E-state index is 0.0174. The predicted octanol–water partition coefficient (Wildman–Crippen LogP) is 0.977. The number of amides is 1. The van der Waals surface area contributed by atoms with Crippen LogP contribution in [-0.4, -0.2) is 50.6 Å². The van der Waals surface area contributed by atoms with Crippen LogP contribution in [0.5, 0.6) is 11.5 Å². The van der Waals surface area contributed by atoms with Crippen molar-refractivity contribution in [1.29, 1.82) is 0 Å². The lowest BCUT2D eigenvalue weighted by molar-refractivity contribution is 0.0867. The van der Waals surface area contributed by atoms with Gasteiger partial charge < -0.3 is 24.6 Å². The number of aliphatic hydroxyl groups excluding tert-OH is 1. The van der Waals surface area contributed by atoms with Gasteiger partial charge in [0.05, 0.1) is 26.4 Å². The molecule has 0 aromatic heterocycles. The SMILES string of the molecule is O=C(NCCCOCCO)c1ccc2c(c1)OCCCO2. The predicted molar refractivity (Wildman–Crippen MR) is 76.9 cm³/mol. The standard InChI is InChI=1S/C15H21NO5/c17-6-10-19-7-1-5-16-15(18)12-3-4-13-14(11-12)21-9-2-8-20-13/h3-4,11,17H,1-2,5-10H2,(H,16,18). The summed E-state index contributed by atoms with van der Waals surface area (Å²) < 4.78 is 16.2. The van der Waals surface area contributed by atoms with Crippen molar-refractivity contribution in [2.75, 3.05) is 39.6 Å². The molecular weight excluding hydrogens is 274 g/mol. The van der Waals surface area contributed by atoms with Gasteiger partial charge in [0, 0.05) is 25.1 Å². The number of benzene rings is 1. The van der Waals surface area contributed by atoms with E-state index in [9.17, 15) is 4.79 Å². The first kappa shape index (κ1) is 15.6. The van der Waals surface area contributed by atoms with Crippen molar-refractivity contribution in [3.8, 4) is 11.5 Å². The summed E-state index contributed by atoms with van der Waals surface area (Å²) >= 11 is 0. The molecule has 0 unspecified atom stereocenters. The first-order valence-electron chi connectivity index (χ1n) is 7.17. The molecule has 1 heterocycles. The van der Waals surface area contributed by atoms with Crippen LogP contribution in [0.1, 0.15) is 23.2 Å². The summed E-state index contributed by atoms with van der Waals surface area (Å²) in [5.74, 6) is 1.15. The van der Waals surface area contributed by atoms with Crippen LogP contribution in [0, 0.1) is 0 Å². The second kappa shape index (κ2) is 8.49. The fourth-order valence-electron chi connectivity index (χ4n) is 1.95. The normalized spacial score (nSPS) is 13.6. The van der Waals surface area contributed by atoms with Crippen LogP contribution in [-0.2, 0) is 4.74 Å². The van der Waals surface area contributed by atoms with Crippen LogP contribution in [0.3, 0.4) is 0 Å². The highest BCUT2D eigenvalue weighted by Crippen LogP contribution is 2.30. The first-order valence-corrected chi connectivity index (χ1v) is 7.17. The molecule has 2 rings (SSSR count). The molecule has 116 valence electrons. The van der Waals surface area contributed by atoms with Crippen LogP contribution in [0.25, 0.3) is 0 Å². The van der Waals surface area contributed by atoms with E-state index in [-0.39, 0.29) is 12.5 Å². The maximum absolute atomic E-state index is 12.0. The van der Waals surface area contributed by atoms with E-state index in [1.54, 1.807) is 18.2 Å². The van der Waals surface area contributed by atoms with E-state index in [2.05, 4.69) is 5.32 Å². The Morgan fingerprint density at radius 1 is 1.24 bits per heavy atom. The zero-order valence-electron chi connectivity index (χ0n) is 12.0. The number of aliphatic hydroxyl groups is 1. The van der Waals surface area contributed by atoms with Crippen LogP contribution >= 0.6 is 0 Å². The smallest absolute Gasteiger partial charge is 0.251 e. The number of carbonyl (C=O) groups excluding carboxylic acids is 1. The molecule has 1 aromatic rings. The molecule has 21 heavy (non-hydrogen) atoms. The molecule has 1 amide bonds. The summed E-state index contributed by atoms with van der Waals surface area (Å²) in [6.07, 6.45) is 1.54. The number of carbonyl (C=O) groups is 1. The largest absolute Gasteiger partial charge is 0.490 e. The maximum atomic E-state index is 12.0. The third-order valence-electron chi connectivity index (χ3n) is 3.00. The molecule has 2 N–H and O–H groups in total. The Balaban J connectivity index is 1.81. The van der Waals surface area contributed by atoms with Gasteiger partial charge in [-0.05, 0) is 24.6 Å². The van der Waals surface area contributed by atoms with Crippen LogP contribution in [0.2, 0.25) is 0 Å². The number of hydrogen-bond acceptors (Lipinski definition) is 5. The van der Waals surface area contributed by atoms with Crippen LogP contribution in [0.4, 0.5) is 0 Å². The molecule has 0 fully saturated rings. The number of ether oxygens (including phenoxy) is 3. The van der Waals surface area contributed by atoms with Crippen molar-refractivity contribution in [1.82, 2.24) is 5.32 Å². The van der Waals surface area contributed by atoms with Crippen molar-refractivity contribution < 1.29 is 24.1 Å². The third-order valence-corrected chi connectivity index (χ3v) is 3.00. The van der Waals surface area contributed by atoms with E-state index in [0.717, 1.165) is 6.42 Å². The van der Waals surface area contributed by atoms with E-state index in [1.807, 2.05) is 0 Å². The molecule has 0 saturated carbocycles. The summed E-state index contributed by atoms with van der Waals surface area (Å²) in [6.45, 7) is 2.62. The van der Waals surface area contributed by atoms with E-state index in [4.69, 9.17) is 19.3 Å². The molecular formula is C15H21NO5. The van der Waals surface area contributed by atoms with Crippen LogP contribution in [0.15, 0.2) is 18.2 Å². The van der Waals surface area contributed by atoms with Gasteiger partial charge in [-0.15, -0.1) is 0 Å². The molecule has 0 aliphatic carbocycles. The van der Waals surface area contributed by atoms with Gasteiger partial charge in [0.25, 0.3) is 5.91 Å². The highest BCUT2D eigenvalue weighted by molar-refractivity contribution is 5.94. The molecule has 0 spiro atoms. The van der Waals surface area contributed by atoms with Crippen molar-refractivity contribution in [3.63, 3.8) is 0 Å². The molecule has 0 radical (unpaired) electrons. The van der Waals surface area contributed by atoms with Crippen LogP contribution < -0.4 is 14.8 Å². The lowest BCUT2D eigenvalue weighted by atomic mass is 10.2. The third kappa shape index (κ3) is 4.91. The Bertz CT molecular complexity index is 463. The molecule has 6 nitrogen and oxygen atoms in total. The minimum atomic E-state index is -0.146. The fourth-order valence-corrected chi connectivity index (χ4v) is 1.95. The zero-order chi connectivity index (χ0) is 14.9. The Hall–Kier alpha value is -1.79. The Morgan fingerprint density at radius 2 is 2.05 bits per heavy atom. The lowest BCUT2D eigenvalue weighted by Gasteiger charge is -2.10. The van der Waals surface area contributed by atoms with Gasteiger partial charge in [0.15, 0.2) is 11.5 Å². The highest BCUT2D eigenvalue weighted by atomic mass is 16.5. The van der Waals surface area contributed by atoms with Gasteiger partial charge in [-0.2, -0.15) is 0 Å². The van der Waals surface area contributed by atoms with Gasteiger partial charge in [-0.25, -0.2) is 0 Å². The summed E-state index contributed by atoms with van der Waals surface area (Å²) in [7, 11) is 0. The monoisotopic (exact) mass is 295 g/mol. The van der Waals surface area contributed by atoms with Crippen molar-refractivity contribution in [3.05, 3.63) is 23.8 Å². The van der Waals surface area contributed by atoms with Gasteiger partial charge in [0.2, 0.25) is 0 Å². The van der Waals surface area contributed by atoms with E-state index in [0.29, 0.717) is 56.5 Å². The van der Waals surface area contributed by atoms with Gasteiger partial charge in [0.1, 0.15) is 0 Å². The molecule has 1 aliphatic rings. The van der Waals surface area contributed by atoms with Crippen molar-refractivity contribution in [2.24, 2.45) is 0 Å². The quantitative estimate of drug-likeness (QED) is 0.733. The van der Waals surface area contributed by atoms with Crippen molar-refractivity contribution >= 4 is 5.91 Å². The number of rotatable bonds is 7. The summed E-state index contributed by atoms with van der Waals surface area (Å²) in [5.41, 5.74) is 0.551. The molecule has 0 bridgehead atoms. The molecule has 0 saturated heterocycles. The second-order valence-corrected chi connectivity index (χ2v) is 4.66. The van der Waals surface area contributed by atoms with E-state index >= 15 is 0 Å². The molecule has 0 atom stereocenters. The first-order chi connectivity index (χ1) is 10.3. The van der Waals surface area contributed by atoms with Gasteiger partial charge in [-0.3, -0.25) is 4.79 Å². The summed E-state index contributed by atoms with van der Waals surface area (Å²) in [6, 6.07) is 5.20. The fraction of sp³-hybridized carbons (Fsp3) is 0.533. The number of nitrogens with one attached hydrogen (secondary N) is 1. The molecule has 1 aromatic carbocycles. The molecule has 1 aliphatic heterocycles. The van der Waals surface area contributed by atoms with Gasteiger partial charge >= 0.3 is 0 Å². The van der Waals surface area contributed by atoms with Crippen molar-refractivity contribution in [2.45, 2.75) is 12.8 Å². The Morgan fingerprint density at radius 3 is 2.86 bits per heavy atom. The Kier molecular flexibility index (Phi) is 6.30.